The first-order valence-electron chi connectivity index (χ1n) is 10.2. The molecule has 32 heavy (non-hydrogen) atoms. The highest BCUT2D eigenvalue weighted by Gasteiger charge is 2.21. The van der Waals surface area contributed by atoms with Crippen molar-refractivity contribution in [1.82, 2.24) is 4.57 Å². The average Bonchev–Trinajstić information content (AvgIpc) is 3.40. The second kappa shape index (κ2) is 7.96. The SMILES string of the molecule is Cc1cc(C(=O)COC(=O)c2ccc3c(c2)OCO3)c(C)n1-c1ccc2c(c1)OCCO2. The summed E-state index contributed by atoms with van der Waals surface area (Å²) in [5.41, 5.74) is 3.29. The van der Waals surface area contributed by atoms with Gasteiger partial charge in [-0.3, -0.25) is 4.79 Å². The Morgan fingerprint density at radius 3 is 2.41 bits per heavy atom. The molecular weight excluding hydrogens is 414 g/mol. The Bertz CT molecular complexity index is 1230. The van der Waals surface area contributed by atoms with Crippen LogP contribution in [0.4, 0.5) is 0 Å². The standard InChI is InChI=1S/C24H21NO7/c1-14-9-18(15(2)25(14)17-4-6-20-23(11-17)29-8-7-28-20)19(26)12-30-24(27)16-3-5-21-22(10-16)32-13-31-21/h3-6,9-11H,7-8,12-13H2,1-2H3. The maximum Gasteiger partial charge on any atom is 0.338 e. The van der Waals surface area contributed by atoms with Gasteiger partial charge in [0.1, 0.15) is 13.2 Å². The maximum atomic E-state index is 12.8. The van der Waals surface area contributed by atoms with Crippen molar-refractivity contribution in [1.29, 1.82) is 0 Å². The summed E-state index contributed by atoms with van der Waals surface area (Å²) in [6, 6.07) is 12.2. The van der Waals surface area contributed by atoms with Gasteiger partial charge < -0.3 is 28.3 Å². The number of benzene rings is 2. The molecule has 0 spiro atoms. The van der Waals surface area contributed by atoms with Crippen LogP contribution >= 0.6 is 0 Å². The van der Waals surface area contributed by atoms with Crippen LogP contribution in [0.5, 0.6) is 23.0 Å². The Kier molecular flexibility index (Phi) is 4.97. The Labute approximate surface area is 184 Å². The Morgan fingerprint density at radius 2 is 1.56 bits per heavy atom. The number of ketones is 1. The molecule has 0 saturated carbocycles. The van der Waals surface area contributed by atoms with E-state index in [1.807, 2.05) is 36.6 Å². The van der Waals surface area contributed by atoms with E-state index in [1.54, 1.807) is 24.3 Å². The van der Waals surface area contributed by atoms with Gasteiger partial charge in [0.2, 0.25) is 12.6 Å². The van der Waals surface area contributed by atoms with Crippen molar-refractivity contribution >= 4 is 11.8 Å². The minimum Gasteiger partial charge on any atom is -0.486 e. The third-order valence-electron chi connectivity index (χ3n) is 5.46. The van der Waals surface area contributed by atoms with Crippen LogP contribution in [0.15, 0.2) is 42.5 Å². The number of fused-ring (bicyclic) bond motifs is 2. The number of carbonyl (C=O) groups is 2. The molecule has 2 aromatic carbocycles. The number of rotatable bonds is 5. The number of hydrogen-bond acceptors (Lipinski definition) is 7. The Balaban J connectivity index is 1.32. The van der Waals surface area contributed by atoms with Gasteiger partial charge in [0.15, 0.2) is 29.6 Å². The predicted octanol–water partition coefficient (Wildman–Crippen LogP) is 3.63. The Morgan fingerprint density at radius 1 is 0.875 bits per heavy atom. The quantitative estimate of drug-likeness (QED) is 0.447. The minimum absolute atomic E-state index is 0.116. The van der Waals surface area contributed by atoms with Crippen molar-refractivity contribution in [2.75, 3.05) is 26.6 Å². The lowest BCUT2D eigenvalue weighted by Crippen LogP contribution is -2.16. The molecule has 3 heterocycles. The van der Waals surface area contributed by atoms with E-state index in [-0.39, 0.29) is 19.2 Å². The maximum absolute atomic E-state index is 12.8. The molecule has 0 bridgehead atoms. The van der Waals surface area contributed by atoms with E-state index in [2.05, 4.69) is 0 Å². The number of ether oxygens (including phenoxy) is 5. The fourth-order valence-corrected chi connectivity index (χ4v) is 3.93. The number of aromatic nitrogens is 1. The second-order valence-electron chi connectivity index (χ2n) is 7.52. The molecule has 0 amide bonds. The van der Waals surface area contributed by atoms with Gasteiger partial charge in [-0.1, -0.05) is 0 Å². The molecule has 8 heteroatoms. The van der Waals surface area contributed by atoms with Crippen LogP contribution in [0.2, 0.25) is 0 Å². The van der Waals surface area contributed by atoms with Crippen LogP contribution in [0, 0.1) is 13.8 Å². The molecule has 0 fully saturated rings. The van der Waals surface area contributed by atoms with Crippen molar-refractivity contribution in [3.63, 3.8) is 0 Å². The zero-order valence-electron chi connectivity index (χ0n) is 17.7. The van der Waals surface area contributed by atoms with E-state index in [0.717, 1.165) is 17.1 Å². The third-order valence-corrected chi connectivity index (χ3v) is 5.46. The molecule has 0 radical (unpaired) electrons. The average molecular weight is 435 g/mol. The number of carbonyl (C=O) groups excluding carboxylic acids is 2. The van der Waals surface area contributed by atoms with Gasteiger partial charge in [-0.2, -0.15) is 0 Å². The molecule has 2 aliphatic heterocycles. The largest absolute Gasteiger partial charge is 0.486 e. The molecule has 1 aromatic heterocycles. The van der Waals surface area contributed by atoms with Gasteiger partial charge in [-0.15, -0.1) is 0 Å². The summed E-state index contributed by atoms with van der Waals surface area (Å²) in [5, 5.41) is 0. The topological polar surface area (TPSA) is 85.2 Å². The lowest BCUT2D eigenvalue weighted by molar-refractivity contribution is 0.0474. The molecule has 8 nitrogen and oxygen atoms in total. The zero-order chi connectivity index (χ0) is 22.2. The molecule has 2 aliphatic rings. The van der Waals surface area contributed by atoms with Crippen LogP contribution in [0.25, 0.3) is 5.69 Å². The molecule has 3 aromatic rings. The number of esters is 1. The monoisotopic (exact) mass is 435 g/mol. The van der Waals surface area contributed by atoms with E-state index in [4.69, 9.17) is 23.7 Å². The molecule has 0 aliphatic carbocycles. The van der Waals surface area contributed by atoms with Crippen LogP contribution < -0.4 is 18.9 Å². The fourth-order valence-electron chi connectivity index (χ4n) is 3.93. The normalized spacial score (nSPS) is 13.7. The number of Topliss-reactive ketones (excluding diaryl/α,β-unsaturated/α-hetero) is 1. The highest BCUT2D eigenvalue weighted by Crippen LogP contribution is 2.34. The highest BCUT2D eigenvalue weighted by atomic mass is 16.7. The van der Waals surface area contributed by atoms with E-state index < -0.39 is 5.97 Å². The van der Waals surface area contributed by atoms with Crippen LogP contribution in [0.1, 0.15) is 32.1 Å². The Hall–Kier alpha value is -3.94. The van der Waals surface area contributed by atoms with Gasteiger partial charge in [0, 0.05) is 28.7 Å². The van der Waals surface area contributed by atoms with Crippen molar-refractivity contribution in [2.45, 2.75) is 13.8 Å². The summed E-state index contributed by atoms with van der Waals surface area (Å²) >= 11 is 0. The summed E-state index contributed by atoms with van der Waals surface area (Å²) in [5.74, 6) is 1.55. The van der Waals surface area contributed by atoms with E-state index in [0.29, 0.717) is 47.3 Å². The molecule has 0 saturated heterocycles. The summed E-state index contributed by atoms with van der Waals surface area (Å²) in [4.78, 5) is 25.2. The fraction of sp³-hybridized carbons (Fsp3) is 0.250. The predicted molar refractivity (Wildman–Crippen MR) is 113 cm³/mol. The second-order valence-corrected chi connectivity index (χ2v) is 7.52. The van der Waals surface area contributed by atoms with Crippen molar-refractivity contribution in [3.05, 3.63) is 65.0 Å². The summed E-state index contributed by atoms with van der Waals surface area (Å²) in [7, 11) is 0. The van der Waals surface area contributed by atoms with Gasteiger partial charge in [0.05, 0.1) is 5.56 Å². The van der Waals surface area contributed by atoms with Crippen molar-refractivity contribution in [2.24, 2.45) is 0 Å². The first-order valence-corrected chi connectivity index (χ1v) is 10.2. The van der Waals surface area contributed by atoms with E-state index in [9.17, 15) is 9.59 Å². The highest BCUT2D eigenvalue weighted by molar-refractivity contribution is 6.00. The van der Waals surface area contributed by atoms with E-state index >= 15 is 0 Å². The first-order chi connectivity index (χ1) is 15.5. The number of hydrogen-bond donors (Lipinski definition) is 0. The van der Waals surface area contributed by atoms with E-state index in [1.165, 1.54) is 0 Å². The minimum atomic E-state index is -0.600. The first kappa shape index (κ1) is 20.0. The number of aryl methyl sites for hydroxylation is 1. The molecule has 0 N–H and O–H groups in total. The van der Waals surface area contributed by atoms with Gasteiger partial charge >= 0.3 is 5.97 Å². The number of nitrogens with zero attached hydrogens (tertiary/aromatic N) is 1. The van der Waals surface area contributed by atoms with Crippen molar-refractivity contribution < 1.29 is 33.3 Å². The van der Waals surface area contributed by atoms with Gasteiger partial charge in [-0.05, 0) is 50.2 Å². The third kappa shape index (κ3) is 3.53. The lowest BCUT2D eigenvalue weighted by Gasteiger charge is -2.20. The van der Waals surface area contributed by atoms with Gasteiger partial charge in [0.25, 0.3) is 0 Å². The smallest absolute Gasteiger partial charge is 0.338 e. The van der Waals surface area contributed by atoms with Crippen LogP contribution in [-0.4, -0.2) is 42.9 Å². The molecule has 164 valence electrons. The van der Waals surface area contributed by atoms with Crippen LogP contribution in [-0.2, 0) is 4.74 Å². The lowest BCUT2D eigenvalue weighted by atomic mass is 10.1. The molecule has 5 rings (SSSR count). The molecule has 0 atom stereocenters. The summed E-state index contributed by atoms with van der Waals surface area (Å²) < 4.78 is 29.0. The molecule has 0 unspecified atom stereocenters. The summed E-state index contributed by atoms with van der Waals surface area (Å²) in [6.45, 7) is 4.55. The van der Waals surface area contributed by atoms with Crippen LogP contribution in [0.3, 0.4) is 0 Å². The van der Waals surface area contributed by atoms with Crippen molar-refractivity contribution in [3.8, 4) is 28.7 Å². The zero-order valence-corrected chi connectivity index (χ0v) is 17.7. The molecular formula is C24H21NO7. The van der Waals surface area contributed by atoms with Gasteiger partial charge in [-0.25, -0.2) is 4.79 Å². The summed E-state index contributed by atoms with van der Waals surface area (Å²) in [6.07, 6.45) is 0.